The van der Waals surface area contributed by atoms with Gasteiger partial charge in [0, 0.05) is 18.6 Å². The molecule has 0 amide bonds. The van der Waals surface area contributed by atoms with Crippen LogP contribution >= 0.6 is 0 Å². The summed E-state index contributed by atoms with van der Waals surface area (Å²) in [6, 6.07) is 6.79. The third kappa shape index (κ3) is 1.77. The van der Waals surface area contributed by atoms with Gasteiger partial charge in [0.05, 0.1) is 5.54 Å². The summed E-state index contributed by atoms with van der Waals surface area (Å²) >= 11 is 0. The third-order valence-electron chi connectivity index (χ3n) is 4.15. The number of benzene rings is 1. The molecule has 0 bridgehead atoms. The molecule has 1 aromatic rings. The molecule has 3 heteroatoms. The summed E-state index contributed by atoms with van der Waals surface area (Å²) in [5, 5.41) is 3.21. The molecule has 3 nitrogen and oxygen atoms in total. The monoisotopic (exact) mass is 267 g/mol. The molecule has 2 aliphatic heterocycles. The van der Waals surface area contributed by atoms with E-state index in [1.807, 2.05) is 12.4 Å². The molecule has 0 spiro atoms. The average molecular weight is 267 g/mol. The molecule has 1 unspecified atom stereocenters. The van der Waals surface area contributed by atoms with Gasteiger partial charge in [-0.3, -0.25) is 0 Å². The minimum absolute atomic E-state index is 0.173. The lowest BCUT2D eigenvalue weighted by atomic mass is 9.77. The molecule has 0 radical (unpaired) electrons. The maximum Gasteiger partial charge on any atom is 0.207 e. The predicted octanol–water partition coefficient (Wildman–Crippen LogP) is 3.41. The van der Waals surface area contributed by atoms with Gasteiger partial charge in [0.1, 0.15) is 0 Å². The molecule has 2 aliphatic rings. The fourth-order valence-corrected chi connectivity index (χ4v) is 3.27. The minimum atomic E-state index is -0.173. The highest BCUT2D eigenvalue weighted by molar-refractivity contribution is 5.87. The smallest absolute Gasteiger partial charge is 0.207 e. The van der Waals surface area contributed by atoms with Crippen LogP contribution in [0.2, 0.25) is 0 Å². The summed E-state index contributed by atoms with van der Waals surface area (Å²) in [5.41, 5.74) is 3.75. The highest BCUT2D eigenvalue weighted by Gasteiger charge is 2.43. The van der Waals surface area contributed by atoms with E-state index >= 15 is 0 Å². The SMILES string of the molecule is Cc1cc(C)cc(C2(C(C)C)C=CN=C3NC=CN32)c1. The first-order valence-electron chi connectivity index (χ1n) is 7.11. The Hall–Kier alpha value is -2.03. The van der Waals surface area contributed by atoms with E-state index in [-0.39, 0.29) is 5.54 Å². The summed E-state index contributed by atoms with van der Waals surface area (Å²) in [4.78, 5) is 6.67. The molecule has 1 atom stereocenters. The van der Waals surface area contributed by atoms with Gasteiger partial charge < -0.3 is 10.2 Å². The predicted molar refractivity (Wildman–Crippen MR) is 83.1 cm³/mol. The van der Waals surface area contributed by atoms with Gasteiger partial charge >= 0.3 is 0 Å². The van der Waals surface area contributed by atoms with Crippen LogP contribution in [0.5, 0.6) is 0 Å². The maximum atomic E-state index is 4.43. The van der Waals surface area contributed by atoms with Crippen LogP contribution in [0, 0.1) is 19.8 Å². The number of fused-ring (bicyclic) bond motifs is 1. The van der Waals surface area contributed by atoms with E-state index in [9.17, 15) is 0 Å². The van der Waals surface area contributed by atoms with Crippen LogP contribution in [0.3, 0.4) is 0 Å². The Morgan fingerprint density at radius 1 is 1.15 bits per heavy atom. The fourth-order valence-electron chi connectivity index (χ4n) is 3.27. The number of hydrogen-bond donors (Lipinski definition) is 1. The first kappa shape index (κ1) is 13.0. The highest BCUT2D eigenvalue weighted by Crippen LogP contribution is 2.41. The lowest BCUT2D eigenvalue weighted by molar-refractivity contribution is 0.215. The number of guanidine groups is 1. The molecular weight excluding hydrogens is 246 g/mol. The fraction of sp³-hybridized carbons (Fsp3) is 0.353. The summed E-state index contributed by atoms with van der Waals surface area (Å²) in [7, 11) is 0. The molecule has 0 aromatic heterocycles. The number of rotatable bonds is 2. The molecule has 2 heterocycles. The Balaban J connectivity index is 2.20. The normalized spacial score (nSPS) is 23.9. The molecular formula is C17H21N3. The van der Waals surface area contributed by atoms with Gasteiger partial charge in [-0.05, 0) is 31.4 Å². The van der Waals surface area contributed by atoms with Crippen LogP contribution in [0.4, 0.5) is 0 Å². The second-order valence-corrected chi connectivity index (χ2v) is 5.95. The lowest BCUT2D eigenvalue weighted by Crippen LogP contribution is -2.50. The van der Waals surface area contributed by atoms with Gasteiger partial charge in [-0.1, -0.05) is 43.2 Å². The molecule has 0 saturated heterocycles. The summed E-state index contributed by atoms with van der Waals surface area (Å²) in [6.07, 6.45) is 8.17. The van der Waals surface area contributed by atoms with E-state index < -0.39 is 0 Å². The van der Waals surface area contributed by atoms with Crippen LogP contribution < -0.4 is 5.32 Å². The van der Waals surface area contributed by atoms with Gasteiger partial charge in [-0.2, -0.15) is 0 Å². The summed E-state index contributed by atoms with van der Waals surface area (Å²) in [6.45, 7) is 8.84. The van der Waals surface area contributed by atoms with Crippen LogP contribution in [0.1, 0.15) is 30.5 Å². The van der Waals surface area contributed by atoms with Gasteiger partial charge in [0.2, 0.25) is 5.96 Å². The molecule has 3 rings (SSSR count). The maximum absolute atomic E-state index is 4.43. The Bertz CT molecular complexity index is 605. The zero-order valence-corrected chi connectivity index (χ0v) is 12.5. The minimum Gasteiger partial charge on any atom is -0.331 e. The number of aliphatic imine (C=N–C) groups is 1. The zero-order valence-electron chi connectivity index (χ0n) is 12.5. The van der Waals surface area contributed by atoms with Crippen LogP contribution in [0.15, 0.2) is 47.9 Å². The Kier molecular flexibility index (Phi) is 2.93. The lowest BCUT2D eigenvalue weighted by Gasteiger charge is -2.44. The van der Waals surface area contributed by atoms with E-state index in [4.69, 9.17) is 0 Å². The first-order chi connectivity index (χ1) is 9.54. The Morgan fingerprint density at radius 2 is 1.85 bits per heavy atom. The zero-order chi connectivity index (χ0) is 14.3. The van der Waals surface area contributed by atoms with E-state index in [1.54, 1.807) is 0 Å². The van der Waals surface area contributed by atoms with Crippen molar-refractivity contribution in [1.29, 1.82) is 0 Å². The molecule has 104 valence electrons. The van der Waals surface area contributed by atoms with Crippen molar-refractivity contribution < 1.29 is 0 Å². The van der Waals surface area contributed by atoms with Crippen molar-refractivity contribution in [2.75, 3.05) is 0 Å². The molecule has 0 aliphatic carbocycles. The largest absolute Gasteiger partial charge is 0.331 e. The standard InChI is InChI=1S/C17H21N3/c1-12(2)17(15-10-13(3)9-14(4)11-15)5-6-18-16-19-7-8-20(16)17/h5-12H,1-4H3,(H,18,19). The van der Waals surface area contributed by atoms with Gasteiger partial charge in [-0.25, -0.2) is 4.99 Å². The van der Waals surface area contributed by atoms with Crippen molar-refractivity contribution >= 4 is 5.96 Å². The van der Waals surface area contributed by atoms with Crippen LogP contribution in [-0.2, 0) is 5.54 Å². The average Bonchev–Trinajstić information content (AvgIpc) is 2.85. The van der Waals surface area contributed by atoms with Crippen molar-refractivity contribution in [3.05, 3.63) is 59.6 Å². The molecule has 20 heavy (non-hydrogen) atoms. The van der Waals surface area contributed by atoms with Crippen molar-refractivity contribution in [1.82, 2.24) is 10.2 Å². The molecule has 0 saturated carbocycles. The van der Waals surface area contributed by atoms with Crippen LogP contribution in [0.25, 0.3) is 0 Å². The second-order valence-electron chi connectivity index (χ2n) is 5.95. The summed E-state index contributed by atoms with van der Waals surface area (Å²) < 4.78 is 0. The topological polar surface area (TPSA) is 27.6 Å². The van der Waals surface area contributed by atoms with E-state index in [0.29, 0.717) is 5.92 Å². The van der Waals surface area contributed by atoms with Gasteiger partial charge in [0.15, 0.2) is 0 Å². The van der Waals surface area contributed by atoms with E-state index in [1.165, 1.54) is 16.7 Å². The van der Waals surface area contributed by atoms with Crippen molar-refractivity contribution in [3.8, 4) is 0 Å². The van der Waals surface area contributed by atoms with Gasteiger partial charge in [-0.15, -0.1) is 0 Å². The van der Waals surface area contributed by atoms with Crippen molar-refractivity contribution in [3.63, 3.8) is 0 Å². The highest BCUT2D eigenvalue weighted by atomic mass is 15.4. The first-order valence-corrected chi connectivity index (χ1v) is 7.11. The Labute approximate surface area is 120 Å². The van der Waals surface area contributed by atoms with Crippen molar-refractivity contribution in [2.45, 2.75) is 33.2 Å². The number of nitrogens with one attached hydrogen (secondary N) is 1. The van der Waals surface area contributed by atoms with E-state index in [2.05, 4.69) is 73.4 Å². The van der Waals surface area contributed by atoms with E-state index in [0.717, 1.165) is 5.96 Å². The van der Waals surface area contributed by atoms with Crippen LogP contribution in [-0.4, -0.2) is 10.9 Å². The number of aryl methyl sites for hydroxylation is 2. The number of hydrogen-bond acceptors (Lipinski definition) is 3. The van der Waals surface area contributed by atoms with Gasteiger partial charge in [0.25, 0.3) is 0 Å². The molecule has 0 fully saturated rings. The quantitative estimate of drug-likeness (QED) is 0.889. The summed E-state index contributed by atoms with van der Waals surface area (Å²) in [5.74, 6) is 1.33. The molecule has 1 N–H and O–H groups in total. The van der Waals surface area contributed by atoms with Crippen molar-refractivity contribution in [2.24, 2.45) is 10.9 Å². The Morgan fingerprint density at radius 3 is 2.50 bits per heavy atom. The molecule has 1 aromatic carbocycles. The third-order valence-corrected chi connectivity index (χ3v) is 4.15. The second kappa shape index (κ2) is 4.51. The number of nitrogens with zero attached hydrogens (tertiary/aromatic N) is 2.